The third-order valence-corrected chi connectivity index (χ3v) is 4.06. The van der Waals surface area contributed by atoms with E-state index in [1.807, 2.05) is 0 Å². The van der Waals surface area contributed by atoms with E-state index in [0.29, 0.717) is 12.1 Å². The van der Waals surface area contributed by atoms with E-state index in [-0.39, 0.29) is 28.2 Å². The average Bonchev–Trinajstić information content (AvgIpc) is 2.37. The minimum absolute atomic E-state index is 0.0643. The fraction of sp³-hybridized carbons (Fsp3) is 0.533. The lowest BCUT2D eigenvalue weighted by atomic mass is 9.81. The van der Waals surface area contributed by atoms with E-state index in [0.717, 1.165) is 25.7 Å². The third kappa shape index (κ3) is 3.21. The average molecular weight is 280 g/mol. The van der Waals surface area contributed by atoms with Crippen molar-refractivity contribution in [1.29, 1.82) is 0 Å². The fourth-order valence-corrected chi connectivity index (χ4v) is 3.18. The molecular formula is C15H18ClNO2. The molecule has 0 saturated heterocycles. The second-order valence-corrected chi connectivity index (χ2v) is 5.45. The van der Waals surface area contributed by atoms with Gasteiger partial charge in [0.2, 0.25) is 0 Å². The molecule has 1 aliphatic carbocycles. The van der Waals surface area contributed by atoms with E-state index >= 15 is 0 Å². The summed E-state index contributed by atoms with van der Waals surface area (Å²) >= 11 is 6.32. The first-order valence-electron chi connectivity index (χ1n) is 6.77. The van der Waals surface area contributed by atoms with Crippen LogP contribution >= 0.6 is 11.6 Å². The standard InChI is InChI=1S/C15H18ClNO2/c1-10(18)15-14(16)13(11-6-3-2-4-7-11)12(19)8-5-9-17-15/h5,8,11H,2-4,6-7,9H2,1H3/b8-5+,14-13+,17-15-. The molecular weight excluding hydrogens is 262 g/mol. The molecule has 19 heavy (non-hydrogen) atoms. The van der Waals surface area contributed by atoms with Gasteiger partial charge in [0.15, 0.2) is 11.6 Å². The van der Waals surface area contributed by atoms with Crippen molar-refractivity contribution in [1.82, 2.24) is 0 Å². The number of Topliss-reactive ketones (excluding diaryl/α,β-unsaturated/α-hetero) is 1. The van der Waals surface area contributed by atoms with Crippen molar-refractivity contribution in [2.75, 3.05) is 6.54 Å². The van der Waals surface area contributed by atoms with Gasteiger partial charge in [0.1, 0.15) is 5.71 Å². The molecule has 0 unspecified atom stereocenters. The zero-order valence-electron chi connectivity index (χ0n) is 11.1. The van der Waals surface area contributed by atoms with Crippen LogP contribution in [0.2, 0.25) is 0 Å². The predicted molar refractivity (Wildman–Crippen MR) is 76.6 cm³/mol. The van der Waals surface area contributed by atoms with Crippen molar-refractivity contribution < 1.29 is 9.59 Å². The number of hydrogen-bond donors (Lipinski definition) is 0. The molecule has 0 aromatic rings. The van der Waals surface area contributed by atoms with E-state index in [2.05, 4.69) is 4.99 Å². The van der Waals surface area contributed by atoms with Gasteiger partial charge in [-0.2, -0.15) is 0 Å². The molecule has 0 aromatic heterocycles. The maximum absolute atomic E-state index is 12.2. The molecule has 0 aromatic carbocycles. The van der Waals surface area contributed by atoms with Gasteiger partial charge in [0.25, 0.3) is 0 Å². The van der Waals surface area contributed by atoms with Crippen LogP contribution in [0.1, 0.15) is 39.0 Å². The lowest BCUT2D eigenvalue weighted by molar-refractivity contribution is -0.112. The maximum atomic E-state index is 12.2. The van der Waals surface area contributed by atoms with Crippen molar-refractivity contribution >= 4 is 28.9 Å². The molecule has 0 N–H and O–H groups in total. The molecule has 1 heterocycles. The maximum Gasteiger partial charge on any atom is 0.183 e. The molecule has 0 amide bonds. The predicted octanol–water partition coefficient (Wildman–Crippen LogP) is 3.23. The number of ketones is 2. The summed E-state index contributed by atoms with van der Waals surface area (Å²) in [6, 6.07) is 0. The number of allylic oxidation sites excluding steroid dienone is 3. The van der Waals surface area contributed by atoms with Gasteiger partial charge in [0.05, 0.1) is 11.6 Å². The molecule has 0 bridgehead atoms. The second kappa shape index (κ2) is 6.29. The van der Waals surface area contributed by atoms with Gasteiger partial charge in [-0.1, -0.05) is 36.9 Å². The number of rotatable bonds is 2. The summed E-state index contributed by atoms with van der Waals surface area (Å²) in [5, 5.41) is 0.272. The van der Waals surface area contributed by atoms with Crippen molar-refractivity contribution in [3.63, 3.8) is 0 Å². The Hall–Kier alpha value is -1.22. The second-order valence-electron chi connectivity index (χ2n) is 5.07. The Labute approximate surface area is 118 Å². The summed E-state index contributed by atoms with van der Waals surface area (Å²) in [4.78, 5) is 28.1. The molecule has 0 spiro atoms. The Morgan fingerprint density at radius 1 is 1.32 bits per heavy atom. The van der Waals surface area contributed by atoms with Crippen LogP contribution in [0.4, 0.5) is 0 Å². The normalized spacial score (nSPS) is 30.2. The first kappa shape index (κ1) is 14.2. The summed E-state index contributed by atoms with van der Waals surface area (Å²) < 4.78 is 0. The molecule has 0 radical (unpaired) electrons. The van der Waals surface area contributed by atoms with Crippen molar-refractivity contribution in [3.05, 3.63) is 22.8 Å². The first-order valence-corrected chi connectivity index (χ1v) is 7.15. The SMILES string of the molecule is CC(=O)C1=N/C/C=C/C(=O)/C(C2CCCCC2)=C\1Cl. The van der Waals surface area contributed by atoms with Gasteiger partial charge >= 0.3 is 0 Å². The van der Waals surface area contributed by atoms with Crippen LogP contribution in [0.3, 0.4) is 0 Å². The summed E-state index contributed by atoms with van der Waals surface area (Å²) in [6.45, 7) is 1.77. The monoisotopic (exact) mass is 279 g/mol. The quantitative estimate of drug-likeness (QED) is 0.779. The summed E-state index contributed by atoms with van der Waals surface area (Å²) in [5.74, 6) is -0.0759. The van der Waals surface area contributed by atoms with Crippen LogP contribution in [0.25, 0.3) is 0 Å². The van der Waals surface area contributed by atoms with Gasteiger partial charge in [-0.3, -0.25) is 14.6 Å². The molecule has 1 fully saturated rings. The van der Waals surface area contributed by atoms with E-state index < -0.39 is 0 Å². The van der Waals surface area contributed by atoms with Crippen LogP contribution < -0.4 is 0 Å². The Balaban J connectivity index is 2.45. The molecule has 2 aliphatic rings. The minimum atomic E-state index is -0.179. The smallest absolute Gasteiger partial charge is 0.183 e. The van der Waals surface area contributed by atoms with E-state index in [1.54, 1.807) is 6.08 Å². The van der Waals surface area contributed by atoms with Gasteiger partial charge in [-0.15, -0.1) is 0 Å². The third-order valence-electron chi connectivity index (χ3n) is 3.68. The number of hydrogen-bond acceptors (Lipinski definition) is 3. The highest BCUT2D eigenvalue weighted by molar-refractivity contribution is 6.60. The number of aliphatic imine (C=N–C) groups is 1. The highest BCUT2D eigenvalue weighted by atomic mass is 35.5. The highest BCUT2D eigenvalue weighted by Crippen LogP contribution is 2.34. The molecule has 3 nitrogen and oxygen atoms in total. The minimum Gasteiger partial charge on any atom is -0.293 e. The van der Waals surface area contributed by atoms with Crippen molar-refractivity contribution in [2.45, 2.75) is 39.0 Å². The first-order chi connectivity index (χ1) is 9.11. The zero-order valence-corrected chi connectivity index (χ0v) is 11.9. The molecule has 102 valence electrons. The number of nitrogens with zero attached hydrogens (tertiary/aromatic N) is 1. The van der Waals surface area contributed by atoms with Crippen molar-refractivity contribution in [3.8, 4) is 0 Å². The Bertz CT molecular complexity index is 482. The number of carbonyl (C=O) groups excluding carboxylic acids is 2. The number of carbonyl (C=O) groups is 2. The largest absolute Gasteiger partial charge is 0.293 e. The summed E-state index contributed by atoms with van der Waals surface area (Å²) in [6.07, 6.45) is 8.60. The van der Waals surface area contributed by atoms with E-state index in [9.17, 15) is 9.59 Å². The summed E-state index contributed by atoms with van der Waals surface area (Å²) in [5.41, 5.74) is 0.839. The van der Waals surface area contributed by atoms with Crippen LogP contribution in [0.5, 0.6) is 0 Å². The lowest BCUT2D eigenvalue weighted by Crippen LogP contribution is -2.22. The molecule has 2 rings (SSSR count). The van der Waals surface area contributed by atoms with Crippen molar-refractivity contribution in [2.24, 2.45) is 10.9 Å². The molecule has 1 aliphatic heterocycles. The molecule has 0 atom stereocenters. The highest BCUT2D eigenvalue weighted by Gasteiger charge is 2.28. The van der Waals surface area contributed by atoms with Gasteiger partial charge in [-0.05, 0) is 24.8 Å². The van der Waals surface area contributed by atoms with Crippen LogP contribution in [0.15, 0.2) is 27.7 Å². The van der Waals surface area contributed by atoms with E-state index in [4.69, 9.17) is 11.6 Å². The zero-order chi connectivity index (χ0) is 13.8. The number of halogens is 1. The van der Waals surface area contributed by atoms with Gasteiger partial charge in [0, 0.05) is 12.5 Å². The topological polar surface area (TPSA) is 46.5 Å². The Kier molecular flexibility index (Phi) is 4.70. The summed E-state index contributed by atoms with van der Waals surface area (Å²) in [7, 11) is 0. The van der Waals surface area contributed by atoms with Gasteiger partial charge < -0.3 is 0 Å². The van der Waals surface area contributed by atoms with E-state index in [1.165, 1.54) is 19.4 Å². The van der Waals surface area contributed by atoms with Crippen LogP contribution in [0, 0.1) is 5.92 Å². The molecule has 1 saturated carbocycles. The Morgan fingerprint density at radius 3 is 2.63 bits per heavy atom. The molecule has 4 heteroatoms. The lowest BCUT2D eigenvalue weighted by Gasteiger charge is -2.24. The Morgan fingerprint density at radius 2 is 2.00 bits per heavy atom. The van der Waals surface area contributed by atoms with Crippen LogP contribution in [-0.2, 0) is 9.59 Å². The van der Waals surface area contributed by atoms with Gasteiger partial charge in [-0.25, -0.2) is 0 Å². The van der Waals surface area contributed by atoms with Crippen LogP contribution in [-0.4, -0.2) is 23.8 Å². The fourth-order valence-electron chi connectivity index (χ4n) is 2.74.